The first-order chi connectivity index (χ1) is 8.48. The average molecular weight is 252 g/mol. The second kappa shape index (κ2) is 5.20. The summed E-state index contributed by atoms with van der Waals surface area (Å²) >= 11 is 0. The zero-order valence-electron chi connectivity index (χ0n) is 12.3. The maximum atomic E-state index is 12.5. The van der Waals surface area contributed by atoms with Crippen molar-refractivity contribution >= 4 is 5.91 Å². The number of hydrogen-bond acceptors (Lipinski definition) is 2. The van der Waals surface area contributed by atoms with E-state index in [0.717, 1.165) is 25.7 Å². The van der Waals surface area contributed by atoms with E-state index in [2.05, 4.69) is 37.9 Å². The van der Waals surface area contributed by atoms with Gasteiger partial charge in [-0.05, 0) is 37.5 Å². The number of carbonyl (C=O) groups is 1. The van der Waals surface area contributed by atoms with E-state index in [-0.39, 0.29) is 12.2 Å². The molecule has 1 heterocycles. The minimum Gasteiger partial charge on any atom is -0.323 e. The van der Waals surface area contributed by atoms with E-state index in [0.29, 0.717) is 17.4 Å². The van der Waals surface area contributed by atoms with Crippen molar-refractivity contribution in [2.45, 2.75) is 84.5 Å². The van der Waals surface area contributed by atoms with Gasteiger partial charge in [0.05, 0.1) is 12.2 Å². The van der Waals surface area contributed by atoms with Crippen molar-refractivity contribution in [3.63, 3.8) is 0 Å². The largest absolute Gasteiger partial charge is 0.323 e. The van der Waals surface area contributed by atoms with Crippen molar-refractivity contribution in [2.24, 2.45) is 5.41 Å². The molecule has 0 spiro atoms. The maximum absolute atomic E-state index is 12.5. The Morgan fingerprint density at radius 1 is 1.39 bits per heavy atom. The smallest absolute Gasteiger partial charge is 0.241 e. The van der Waals surface area contributed by atoms with Gasteiger partial charge in [-0.3, -0.25) is 10.1 Å². The van der Waals surface area contributed by atoms with E-state index >= 15 is 0 Å². The van der Waals surface area contributed by atoms with Crippen LogP contribution in [0.5, 0.6) is 0 Å². The number of nitrogens with one attached hydrogen (secondary N) is 1. The summed E-state index contributed by atoms with van der Waals surface area (Å²) in [6.07, 6.45) is 7.00. The summed E-state index contributed by atoms with van der Waals surface area (Å²) in [6, 6.07) is 0.526. The Labute approximate surface area is 111 Å². The van der Waals surface area contributed by atoms with Crippen molar-refractivity contribution in [1.82, 2.24) is 10.2 Å². The molecule has 1 aliphatic carbocycles. The molecule has 1 amide bonds. The predicted octanol–water partition coefficient (Wildman–Crippen LogP) is 2.90. The topological polar surface area (TPSA) is 32.3 Å². The highest BCUT2D eigenvalue weighted by atomic mass is 16.2. The zero-order valence-corrected chi connectivity index (χ0v) is 12.3. The zero-order chi connectivity index (χ0) is 13.3. The fourth-order valence-electron chi connectivity index (χ4n) is 3.58. The summed E-state index contributed by atoms with van der Waals surface area (Å²) in [5, 5.41) is 3.52. The monoisotopic (exact) mass is 252 g/mol. The van der Waals surface area contributed by atoms with Crippen LogP contribution in [0, 0.1) is 5.41 Å². The maximum Gasteiger partial charge on any atom is 0.241 e. The van der Waals surface area contributed by atoms with Gasteiger partial charge in [-0.2, -0.15) is 0 Å². The van der Waals surface area contributed by atoms with Crippen LogP contribution in [0.3, 0.4) is 0 Å². The standard InChI is InChI=1S/C15H28N2O/c1-5-7-13-16-12(6-2)14(18)17(13)11-8-9-15(3,4)10-11/h11-13,16H,5-10H2,1-4H3. The van der Waals surface area contributed by atoms with E-state index in [1.165, 1.54) is 12.8 Å². The lowest BCUT2D eigenvalue weighted by Crippen LogP contribution is -2.43. The third-order valence-electron chi connectivity index (χ3n) is 4.59. The first-order valence-corrected chi connectivity index (χ1v) is 7.56. The molecule has 3 heteroatoms. The van der Waals surface area contributed by atoms with Crippen molar-refractivity contribution in [3.05, 3.63) is 0 Å². The second-order valence-corrected chi connectivity index (χ2v) is 6.74. The molecule has 1 aliphatic heterocycles. The molecule has 3 unspecified atom stereocenters. The lowest BCUT2D eigenvalue weighted by Gasteiger charge is -2.31. The number of rotatable bonds is 4. The molecule has 2 aliphatic rings. The third-order valence-corrected chi connectivity index (χ3v) is 4.59. The van der Waals surface area contributed by atoms with Crippen LogP contribution in [0.1, 0.15) is 66.2 Å². The fourth-order valence-corrected chi connectivity index (χ4v) is 3.58. The van der Waals surface area contributed by atoms with Gasteiger partial charge in [0.25, 0.3) is 0 Å². The molecule has 1 saturated heterocycles. The van der Waals surface area contributed by atoms with Gasteiger partial charge in [-0.25, -0.2) is 0 Å². The predicted molar refractivity (Wildman–Crippen MR) is 74.2 cm³/mol. The Kier molecular flexibility index (Phi) is 4.00. The molecule has 3 atom stereocenters. The van der Waals surface area contributed by atoms with Crippen molar-refractivity contribution in [3.8, 4) is 0 Å². The molecule has 0 radical (unpaired) electrons. The average Bonchev–Trinajstić information content (AvgIpc) is 2.80. The molecule has 0 bridgehead atoms. The normalized spacial score (nSPS) is 35.4. The lowest BCUT2D eigenvalue weighted by molar-refractivity contribution is -0.132. The van der Waals surface area contributed by atoms with Crippen LogP contribution >= 0.6 is 0 Å². The highest BCUT2D eigenvalue weighted by Crippen LogP contribution is 2.41. The highest BCUT2D eigenvalue weighted by molar-refractivity contribution is 5.84. The van der Waals surface area contributed by atoms with E-state index < -0.39 is 0 Å². The van der Waals surface area contributed by atoms with E-state index in [1.54, 1.807) is 0 Å². The van der Waals surface area contributed by atoms with Crippen LogP contribution in [-0.4, -0.2) is 29.1 Å². The second-order valence-electron chi connectivity index (χ2n) is 6.74. The van der Waals surface area contributed by atoms with Crippen molar-refractivity contribution in [2.75, 3.05) is 0 Å². The van der Waals surface area contributed by atoms with Crippen molar-refractivity contribution in [1.29, 1.82) is 0 Å². The summed E-state index contributed by atoms with van der Waals surface area (Å²) in [7, 11) is 0. The van der Waals surface area contributed by atoms with Gasteiger partial charge in [-0.15, -0.1) is 0 Å². The summed E-state index contributed by atoms with van der Waals surface area (Å²) in [6.45, 7) is 8.95. The first kappa shape index (κ1) is 13.9. The molecular weight excluding hydrogens is 224 g/mol. The fraction of sp³-hybridized carbons (Fsp3) is 0.933. The molecule has 18 heavy (non-hydrogen) atoms. The quantitative estimate of drug-likeness (QED) is 0.834. The minimum absolute atomic E-state index is 0.0604. The Balaban J connectivity index is 2.10. The van der Waals surface area contributed by atoms with Crippen molar-refractivity contribution < 1.29 is 4.79 Å². The van der Waals surface area contributed by atoms with Crippen LogP contribution in [0.2, 0.25) is 0 Å². The Bertz CT molecular complexity index is 314. The number of hydrogen-bond donors (Lipinski definition) is 1. The summed E-state index contributed by atoms with van der Waals surface area (Å²) in [5.74, 6) is 0.346. The van der Waals surface area contributed by atoms with Crippen LogP contribution in [0.4, 0.5) is 0 Å². The lowest BCUT2D eigenvalue weighted by atomic mass is 9.91. The number of amides is 1. The van der Waals surface area contributed by atoms with Gasteiger partial charge in [0.1, 0.15) is 0 Å². The van der Waals surface area contributed by atoms with Gasteiger partial charge in [0, 0.05) is 6.04 Å². The minimum atomic E-state index is 0.0604. The molecule has 1 N–H and O–H groups in total. The molecule has 2 fully saturated rings. The summed E-state index contributed by atoms with van der Waals surface area (Å²) in [5.41, 5.74) is 0.409. The van der Waals surface area contributed by atoms with E-state index in [1.807, 2.05) is 0 Å². The number of nitrogens with zero attached hydrogens (tertiary/aromatic N) is 1. The third kappa shape index (κ3) is 2.56. The Morgan fingerprint density at radius 2 is 2.11 bits per heavy atom. The summed E-state index contributed by atoms with van der Waals surface area (Å²) in [4.78, 5) is 14.7. The molecular formula is C15H28N2O. The van der Waals surface area contributed by atoms with Gasteiger partial charge >= 0.3 is 0 Å². The molecule has 0 aromatic carbocycles. The van der Waals surface area contributed by atoms with Crippen LogP contribution in [0.15, 0.2) is 0 Å². The van der Waals surface area contributed by atoms with Gasteiger partial charge in [0.2, 0.25) is 5.91 Å². The number of carbonyl (C=O) groups excluding carboxylic acids is 1. The molecule has 2 rings (SSSR count). The van der Waals surface area contributed by atoms with E-state index in [9.17, 15) is 4.79 Å². The molecule has 3 nitrogen and oxygen atoms in total. The van der Waals surface area contributed by atoms with Gasteiger partial charge in [-0.1, -0.05) is 34.1 Å². The molecule has 104 valence electrons. The molecule has 0 aromatic heterocycles. The van der Waals surface area contributed by atoms with Crippen LogP contribution < -0.4 is 5.32 Å². The molecule has 1 saturated carbocycles. The Hall–Kier alpha value is -0.570. The van der Waals surface area contributed by atoms with Crippen LogP contribution in [0.25, 0.3) is 0 Å². The van der Waals surface area contributed by atoms with Gasteiger partial charge < -0.3 is 4.90 Å². The first-order valence-electron chi connectivity index (χ1n) is 7.56. The molecule has 0 aromatic rings. The van der Waals surface area contributed by atoms with E-state index in [4.69, 9.17) is 0 Å². The van der Waals surface area contributed by atoms with Gasteiger partial charge in [0.15, 0.2) is 0 Å². The van der Waals surface area contributed by atoms with Crippen LogP contribution in [-0.2, 0) is 4.79 Å². The SMILES string of the molecule is CCCC1NC(CC)C(=O)N1C1CCC(C)(C)C1. The summed E-state index contributed by atoms with van der Waals surface area (Å²) < 4.78 is 0. The highest BCUT2D eigenvalue weighted by Gasteiger charge is 2.44. The Morgan fingerprint density at radius 3 is 2.61 bits per heavy atom.